The number of nitrogen functional groups attached to an aromatic ring is 1. The first-order valence-corrected chi connectivity index (χ1v) is 2.82. The van der Waals surface area contributed by atoms with E-state index in [2.05, 4.69) is 9.97 Å². The largest absolute Gasteiger partial charge is 0.421 e. The van der Waals surface area contributed by atoms with Gasteiger partial charge in [0.1, 0.15) is 5.52 Å². The van der Waals surface area contributed by atoms with Crippen LogP contribution in [0.3, 0.4) is 0 Å². The summed E-state index contributed by atoms with van der Waals surface area (Å²) in [5, 5.41) is 0. The molecule has 0 bridgehead atoms. The Labute approximate surface area is 56.7 Å². The Kier molecular flexibility index (Phi) is 0.887. The zero-order chi connectivity index (χ0) is 6.97. The van der Waals surface area contributed by atoms with Crippen molar-refractivity contribution in [3.05, 3.63) is 18.5 Å². The number of aromatic nitrogens is 2. The van der Waals surface area contributed by atoms with Gasteiger partial charge < -0.3 is 10.2 Å². The molecule has 0 fully saturated rings. The van der Waals surface area contributed by atoms with Gasteiger partial charge >= 0.3 is 0 Å². The van der Waals surface area contributed by atoms with Gasteiger partial charge in [0, 0.05) is 18.5 Å². The lowest BCUT2D eigenvalue weighted by molar-refractivity contribution is 0.623. The van der Waals surface area contributed by atoms with Crippen molar-refractivity contribution in [3.8, 4) is 0 Å². The van der Waals surface area contributed by atoms with Crippen LogP contribution in [0.5, 0.6) is 0 Å². The van der Waals surface area contributed by atoms with Crippen LogP contribution in [-0.4, -0.2) is 9.97 Å². The van der Waals surface area contributed by atoms with E-state index in [1.807, 2.05) is 0 Å². The molecule has 4 nitrogen and oxygen atoms in total. The Morgan fingerprint density at radius 1 is 1.30 bits per heavy atom. The molecule has 2 aromatic rings. The zero-order valence-corrected chi connectivity index (χ0v) is 5.11. The molecule has 2 aromatic heterocycles. The quantitative estimate of drug-likeness (QED) is 0.580. The van der Waals surface area contributed by atoms with Crippen molar-refractivity contribution in [2.24, 2.45) is 0 Å². The van der Waals surface area contributed by atoms with E-state index in [4.69, 9.17) is 10.2 Å². The number of anilines is 1. The van der Waals surface area contributed by atoms with Crippen molar-refractivity contribution >= 4 is 17.1 Å². The summed E-state index contributed by atoms with van der Waals surface area (Å²) >= 11 is 0. The molecular formula is C6H5N3O. The molecule has 0 aliphatic rings. The first-order chi connectivity index (χ1) is 4.86. The topological polar surface area (TPSA) is 64.9 Å². The number of nitrogens with zero attached hydrogens (tertiary/aromatic N) is 2. The number of rotatable bonds is 0. The third-order valence-electron chi connectivity index (χ3n) is 1.18. The lowest BCUT2D eigenvalue weighted by Gasteiger charge is -1.80. The van der Waals surface area contributed by atoms with Crippen LogP contribution in [-0.2, 0) is 0 Å². The molecule has 4 heteroatoms. The minimum absolute atomic E-state index is 0.348. The fraction of sp³-hybridized carbons (Fsp3) is 0. The van der Waals surface area contributed by atoms with Crippen LogP contribution in [0.4, 0.5) is 5.88 Å². The highest BCUT2D eigenvalue weighted by Crippen LogP contribution is 2.14. The van der Waals surface area contributed by atoms with E-state index < -0.39 is 0 Å². The predicted octanol–water partition coefficient (Wildman–Crippen LogP) is 0.805. The highest BCUT2D eigenvalue weighted by molar-refractivity contribution is 5.71. The van der Waals surface area contributed by atoms with Gasteiger partial charge in [0.05, 0.1) is 0 Å². The fourth-order valence-electron chi connectivity index (χ4n) is 0.790. The molecule has 10 heavy (non-hydrogen) atoms. The molecule has 50 valence electrons. The average Bonchev–Trinajstić information content (AvgIpc) is 2.27. The van der Waals surface area contributed by atoms with E-state index in [0.717, 1.165) is 0 Å². The van der Waals surface area contributed by atoms with Crippen LogP contribution in [0.15, 0.2) is 22.9 Å². The van der Waals surface area contributed by atoms with Crippen LogP contribution in [0.1, 0.15) is 0 Å². The molecule has 0 spiro atoms. The van der Waals surface area contributed by atoms with Gasteiger partial charge in [-0.3, -0.25) is 0 Å². The van der Waals surface area contributed by atoms with Crippen molar-refractivity contribution in [3.63, 3.8) is 0 Å². The van der Waals surface area contributed by atoms with Crippen molar-refractivity contribution in [2.45, 2.75) is 0 Å². The maximum Gasteiger partial charge on any atom is 0.247 e. The standard InChI is InChI=1S/C6H5N3O/c7-5-3-4-6(10-5)9-2-1-8-4/h1-3H,7H2. The molecule has 0 aromatic carbocycles. The number of hydrogen-bond donors (Lipinski definition) is 1. The number of hydrogen-bond acceptors (Lipinski definition) is 4. The van der Waals surface area contributed by atoms with Crippen LogP contribution >= 0.6 is 0 Å². The van der Waals surface area contributed by atoms with Gasteiger partial charge in [-0.25, -0.2) is 9.97 Å². The summed E-state index contributed by atoms with van der Waals surface area (Å²) in [6.07, 6.45) is 3.16. The first-order valence-electron chi connectivity index (χ1n) is 2.82. The summed E-state index contributed by atoms with van der Waals surface area (Å²) in [6.45, 7) is 0. The maximum atomic E-state index is 5.34. The average molecular weight is 135 g/mol. The monoisotopic (exact) mass is 135 g/mol. The molecule has 0 unspecified atom stereocenters. The lowest BCUT2D eigenvalue weighted by Crippen LogP contribution is -1.75. The van der Waals surface area contributed by atoms with Crippen LogP contribution < -0.4 is 5.73 Å². The minimum atomic E-state index is 0.348. The van der Waals surface area contributed by atoms with E-state index in [9.17, 15) is 0 Å². The van der Waals surface area contributed by atoms with E-state index in [1.165, 1.54) is 0 Å². The van der Waals surface area contributed by atoms with Gasteiger partial charge in [-0.05, 0) is 0 Å². The highest BCUT2D eigenvalue weighted by Gasteiger charge is 1.99. The van der Waals surface area contributed by atoms with Gasteiger partial charge in [-0.2, -0.15) is 0 Å². The first kappa shape index (κ1) is 5.22. The molecule has 0 atom stereocenters. The molecule has 2 N–H and O–H groups in total. The van der Waals surface area contributed by atoms with Gasteiger partial charge in [-0.1, -0.05) is 0 Å². The Morgan fingerprint density at radius 3 is 2.90 bits per heavy atom. The number of fused-ring (bicyclic) bond motifs is 1. The summed E-state index contributed by atoms with van der Waals surface area (Å²) in [6, 6.07) is 1.64. The molecule has 2 rings (SSSR count). The van der Waals surface area contributed by atoms with E-state index in [-0.39, 0.29) is 0 Å². The third kappa shape index (κ3) is 0.621. The third-order valence-corrected chi connectivity index (χ3v) is 1.18. The number of furan rings is 1. The van der Waals surface area contributed by atoms with Crippen molar-refractivity contribution < 1.29 is 4.42 Å². The molecule has 0 aliphatic heterocycles. The van der Waals surface area contributed by atoms with Crippen LogP contribution in [0, 0.1) is 0 Å². The Bertz CT molecular complexity index is 322. The van der Waals surface area contributed by atoms with Crippen molar-refractivity contribution in [1.82, 2.24) is 9.97 Å². The van der Waals surface area contributed by atoms with Gasteiger partial charge in [0.2, 0.25) is 5.71 Å². The Balaban J connectivity index is 2.88. The van der Waals surface area contributed by atoms with Crippen molar-refractivity contribution in [2.75, 3.05) is 5.73 Å². The van der Waals surface area contributed by atoms with E-state index in [1.54, 1.807) is 18.5 Å². The van der Waals surface area contributed by atoms with E-state index in [0.29, 0.717) is 17.1 Å². The van der Waals surface area contributed by atoms with Crippen LogP contribution in [0.2, 0.25) is 0 Å². The number of nitrogens with two attached hydrogens (primary N) is 1. The molecule has 0 saturated heterocycles. The molecule has 0 amide bonds. The second kappa shape index (κ2) is 1.70. The van der Waals surface area contributed by atoms with E-state index >= 15 is 0 Å². The summed E-state index contributed by atoms with van der Waals surface area (Å²) in [5.41, 5.74) is 6.52. The smallest absolute Gasteiger partial charge is 0.247 e. The molecular weight excluding hydrogens is 130 g/mol. The maximum absolute atomic E-state index is 5.34. The second-order valence-corrected chi connectivity index (χ2v) is 1.90. The molecule has 0 radical (unpaired) electrons. The van der Waals surface area contributed by atoms with Gasteiger partial charge in [-0.15, -0.1) is 0 Å². The predicted molar refractivity (Wildman–Crippen MR) is 36.2 cm³/mol. The van der Waals surface area contributed by atoms with Gasteiger partial charge in [0.15, 0.2) is 5.88 Å². The Hall–Kier alpha value is -1.58. The summed E-state index contributed by atoms with van der Waals surface area (Å²) in [7, 11) is 0. The fourth-order valence-corrected chi connectivity index (χ4v) is 0.790. The zero-order valence-electron chi connectivity index (χ0n) is 5.11. The highest BCUT2D eigenvalue weighted by atomic mass is 16.4. The summed E-state index contributed by atoms with van der Waals surface area (Å²) < 4.78 is 4.97. The second-order valence-electron chi connectivity index (χ2n) is 1.90. The molecule has 0 aliphatic carbocycles. The van der Waals surface area contributed by atoms with Crippen LogP contribution in [0.25, 0.3) is 11.2 Å². The van der Waals surface area contributed by atoms with Crippen molar-refractivity contribution in [1.29, 1.82) is 0 Å². The Morgan fingerprint density at radius 2 is 2.10 bits per heavy atom. The summed E-state index contributed by atoms with van der Waals surface area (Å²) in [4.78, 5) is 7.86. The normalized spacial score (nSPS) is 10.4. The molecule has 2 heterocycles. The lowest BCUT2D eigenvalue weighted by atomic mass is 10.5. The molecule has 0 saturated carbocycles. The SMILES string of the molecule is Nc1cc2nccnc2o1. The summed E-state index contributed by atoms with van der Waals surface area (Å²) in [5.74, 6) is 0.348. The van der Waals surface area contributed by atoms with Gasteiger partial charge in [0.25, 0.3) is 0 Å². The minimum Gasteiger partial charge on any atom is -0.421 e.